The summed E-state index contributed by atoms with van der Waals surface area (Å²) >= 11 is 0. The van der Waals surface area contributed by atoms with Crippen LogP contribution in [0.2, 0.25) is 0 Å². The van der Waals surface area contributed by atoms with Crippen LogP contribution < -0.4 is 5.32 Å². The van der Waals surface area contributed by atoms with Gasteiger partial charge in [-0.2, -0.15) is 0 Å². The highest BCUT2D eigenvalue weighted by Crippen LogP contribution is 2.47. The van der Waals surface area contributed by atoms with Crippen molar-refractivity contribution in [1.29, 1.82) is 0 Å². The Morgan fingerprint density at radius 2 is 1.86 bits per heavy atom. The summed E-state index contributed by atoms with van der Waals surface area (Å²) in [5.41, 5.74) is 0.408. The van der Waals surface area contributed by atoms with Crippen molar-refractivity contribution in [3.63, 3.8) is 0 Å². The lowest BCUT2D eigenvalue weighted by atomic mass is 10.0. The Morgan fingerprint density at radius 3 is 2.21 bits per heavy atom. The number of hydrogen-bond acceptors (Lipinski definition) is 3. The van der Waals surface area contributed by atoms with Crippen LogP contribution in [0.4, 0.5) is 0 Å². The Kier molecular flexibility index (Phi) is 3.26. The molecule has 14 heavy (non-hydrogen) atoms. The van der Waals surface area contributed by atoms with Crippen molar-refractivity contribution < 1.29 is 8.42 Å². The van der Waals surface area contributed by atoms with Gasteiger partial charge in [-0.1, -0.05) is 6.92 Å². The molecule has 0 aromatic rings. The highest BCUT2D eigenvalue weighted by atomic mass is 32.2. The monoisotopic (exact) mass is 219 g/mol. The van der Waals surface area contributed by atoms with Gasteiger partial charge in [0.05, 0.1) is 5.75 Å². The van der Waals surface area contributed by atoms with Crippen LogP contribution in [0.1, 0.15) is 33.6 Å². The van der Waals surface area contributed by atoms with Gasteiger partial charge in [0.2, 0.25) is 0 Å². The summed E-state index contributed by atoms with van der Waals surface area (Å²) < 4.78 is 22.1. The molecule has 1 N–H and O–H groups in total. The second-order valence-electron chi connectivity index (χ2n) is 5.04. The molecule has 0 aliphatic heterocycles. The molecule has 2 unspecified atom stereocenters. The fraction of sp³-hybridized carbons (Fsp3) is 1.00. The van der Waals surface area contributed by atoms with E-state index < -0.39 is 9.84 Å². The molecule has 3 nitrogen and oxygen atoms in total. The fourth-order valence-corrected chi connectivity index (χ4v) is 2.76. The second-order valence-corrected chi connectivity index (χ2v) is 7.22. The molecular formula is C10H21NO2S. The van der Waals surface area contributed by atoms with Gasteiger partial charge in [0.1, 0.15) is 9.84 Å². The largest absolute Gasteiger partial charge is 0.310 e. The van der Waals surface area contributed by atoms with Gasteiger partial charge in [-0.3, -0.25) is 0 Å². The first kappa shape index (κ1) is 12.0. The van der Waals surface area contributed by atoms with E-state index in [9.17, 15) is 8.42 Å². The molecule has 0 saturated heterocycles. The first-order valence-corrected chi connectivity index (χ1v) is 7.23. The van der Waals surface area contributed by atoms with Crippen molar-refractivity contribution in [1.82, 2.24) is 5.32 Å². The Bertz CT molecular complexity index is 293. The highest BCUT2D eigenvalue weighted by molar-refractivity contribution is 7.90. The average molecular weight is 219 g/mol. The van der Waals surface area contributed by atoms with Gasteiger partial charge in [-0.05, 0) is 32.1 Å². The summed E-state index contributed by atoms with van der Waals surface area (Å²) in [4.78, 5) is 0. The SMILES string of the molecule is CC(CS(C)(=O)=O)NC(C)C1(C)CC1. The number of rotatable bonds is 5. The van der Waals surface area contributed by atoms with E-state index in [0.717, 1.165) is 0 Å². The molecule has 0 radical (unpaired) electrons. The number of nitrogens with one attached hydrogen (secondary N) is 1. The Labute approximate surface area is 87.2 Å². The fourth-order valence-electron chi connectivity index (χ4n) is 1.76. The first-order valence-electron chi connectivity index (χ1n) is 5.17. The smallest absolute Gasteiger partial charge is 0.148 e. The van der Waals surface area contributed by atoms with Crippen LogP contribution in [-0.4, -0.2) is 32.5 Å². The predicted octanol–water partition coefficient (Wildman–Crippen LogP) is 1.20. The molecule has 2 atom stereocenters. The van der Waals surface area contributed by atoms with E-state index >= 15 is 0 Å². The topological polar surface area (TPSA) is 46.2 Å². The summed E-state index contributed by atoms with van der Waals surface area (Å²) in [6.07, 6.45) is 3.80. The van der Waals surface area contributed by atoms with E-state index in [0.29, 0.717) is 11.5 Å². The van der Waals surface area contributed by atoms with Gasteiger partial charge in [0, 0.05) is 18.3 Å². The molecule has 4 heteroatoms. The predicted molar refractivity (Wildman–Crippen MR) is 59.1 cm³/mol. The standard InChI is InChI=1S/C10H21NO2S/c1-8(7-14(4,12)13)11-9(2)10(3)5-6-10/h8-9,11H,5-7H2,1-4H3. The van der Waals surface area contributed by atoms with E-state index in [1.54, 1.807) is 0 Å². The normalized spacial score (nSPS) is 24.3. The molecule has 0 aromatic carbocycles. The van der Waals surface area contributed by atoms with Crippen LogP contribution in [0.25, 0.3) is 0 Å². The zero-order chi connectivity index (χ0) is 11.0. The molecule has 0 bridgehead atoms. The van der Waals surface area contributed by atoms with Crippen LogP contribution in [-0.2, 0) is 9.84 Å². The third kappa shape index (κ3) is 3.58. The molecule has 1 fully saturated rings. The third-order valence-electron chi connectivity index (χ3n) is 3.17. The molecule has 0 spiro atoms. The molecular weight excluding hydrogens is 198 g/mol. The van der Waals surface area contributed by atoms with Gasteiger partial charge in [0.25, 0.3) is 0 Å². The van der Waals surface area contributed by atoms with Gasteiger partial charge in [-0.15, -0.1) is 0 Å². The maximum atomic E-state index is 11.0. The molecule has 0 heterocycles. The third-order valence-corrected chi connectivity index (χ3v) is 4.28. The second kappa shape index (κ2) is 3.81. The van der Waals surface area contributed by atoms with Crippen molar-refractivity contribution in [2.24, 2.45) is 5.41 Å². The van der Waals surface area contributed by atoms with Gasteiger partial charge < -0.3 is 5.32 Å². The maximum absolute atomic E-state index is 11.0. The number of sulfone groups is 1. The summed E-state index contributed by atoms with van der Waals surface area (Å²) in [7, 11) is -2.86. The van der Waals surface area contributed by atoms with Gasteiger partial charge in [-0.25, -0.2) is 8.42 Å². The summed E-state index contributed by atoms with van der Waals surface area (Å²) in [5, 5.41) is 3.36. The molecule has 0 aromatic heterocycles. The van der Waals surface area contributed by atoms with Crippen LogP contribution in [0, 0.1) is 5.41 Å². The van der Waals surface area contributed by atoms with Gasteiger partial charge >= 0.3 is 0 Å². The molecule has 1 saturated carbocycles. The molecule has 1 aliphatic carbocycles. The summed E-state index contributed by atoms with van der Waals surface area (Å²) in [5.74, 6) is 0.230. The maximum Gasteiger partial charge on any atom is 0.148 e. The highest BCUT2D eigenvalue weighted by Gasteiger charge is 2.42. The molecule has 1 rings (SSSR count). The van der Waals surface area contributed by atoms with Crippen LogP contribution >= 0.6 is 0 Å². The van der Waals surface area contributed by atoms with E-state index in [2.05, 4.69) is 19.2 Å². The Morgan fingerprint density at radius 1 is 1.36 bits per heavy atom. The molecule has 0 amide bonds. The minimum absolute atomic E-state index is 0.0532. The van der Waals surface area contributed by atoms with Crippen molar-refractivity contribution >= 4 is 9.84 Å². The lowest BCUT2D eigenvalue weighted by molar-refractivity contribution is 0.356. The molecule has 84 valence electrons. The van der Waals surface area contributed by atoms with Crippen molar-refractivity contribution in [3.05, 3.63) is 0 Å². The van der Waals surface area contributed by atoms with E-state index in [4.69, 9.17) is 0 Å². The van der Waals surface area contributed by atoms with Gasteiger partial charge in [0.15, 0.2) is 0 Å². The minimum atomic E-state index is -2.86. The van der Waals surface area contributed by atoms with Crippen LogP contribution in [0.3, 0.4) is 0 Å². The molecule has 1 aliphatic rings. The van der Waals surface area contributed by atoms with E-state index in [-0.39, 0.29) is 11.8 Å². The van der Waals surface area contributed by atoms with E-state index in [1.165, 1.54) is 19.1 Å². The lowest BCUT2D eigenvalue weighted by Gasteiger charge is -2.24. The van der Waals surface area contributed by atoms with Crippen LogP contribution in [0.5, 0.6) is 0 Å². The first-order chi connectivity index (χ1) is 6.23. The zero-order valence-corrected chi connectivity index (χ0v) is 10.3. The Hall–Kier alpha value is -0.0900. The zero-order valence-electron chi connectivity index (χ0n) is 9.50. The number of hydrogen-bond donors (Lipinski definition) is 1. The van der Waals surface area contributed by atoms with Crippen molar-refractivity contribution in [3.8, 4) is 0 Å². The summed E-state index contributed by atoms with van der Waals surface area (Å²) in [6, 6.07) is 0.469. The summed E-state index contributed by atoms with van der Waals surface area (Å²) in [6.45, 7) is 6.33. The van der Waals surface area contributed by atoms with Crippen LogP contribution in [0.15, 0.2) is 0 Å². The van der Waals surface area contributed by atoms with Crippen molar-refractivity contribution in [2.75, 3.05) is 12.0 Å². The Balaban J connectivity index is 2.37. The lowest BCUT2D eigenvalue weighted by Crippen LogP contribution is -2.42. The average Bonchev–Trinajstić information content (AvgIpc) is 2.64. The van der Waals surface area contributed by atoms with E-state index in [1.807, 2.05) is 6.92 Å². The quantitative estimate of drug-likeness (QED) is 0.755. The minimum Gasteiger partial charge on any atom is -0.310 e. The van der Waals surface area contributed by atoms with Crippen molar-refractivity contribution in [2.45, 2.75) is 45.7 Å².